The lowest BCUT2D eigenvalue weighted by Gasteiger charge is -2.31. The van der Waals surface area contributed by atoms with Gasteiger partial charge in [0.2, 0.25) is 29.5 Å². The molecule has 0 fully saturated rings. The number of rotatable bonds is 26. The van der Waals surface area contributed by atoms with E-state index in [0.29, 0.717) is 47.1 Å². The van der Waals surface area contributed by atoms with Gasteiger partial charge in [-0.2, -0.15) is 0 Å². The number of nitrogens with zero attached hydrogens (tertiary/aromatic N) is 4. The van der Waals surface area contributed by atoms with Gasteiger partial charge in [0.1, 0.15) is 61.7 Å². The molecule has 2 aromatic heterocycles. The molecule has 26 heteroatoms. The van der Waals surface area contributed by atoms with Crippen molar-refractivity contribution in [2.45, 2.75) is 134 Å². The highest BCUT2D eigenvalue weighted by Gasteiger charge is 2.46. The van der Waals surface area contributed by atoms with Crippen LogP contribution in [0.2, 0.25) is 0 Å². The number of unbranched alkanes of at least 4 members (excludes halogenated alkanes) is 1. The van der Waals surface area contributed by atoms with Crippen LogP contribution in [0.4, 0.5) is 4.39 Å². The third kappa shape index (κ3) is 13.4. The van der Waals surface area contributed by atoms with E-state index in [4.69, 9.17) is 19.6 Å². The highest BCUT2D eigenvalue weighted by molar-refractivity contribution is 6.13. The maximum atomic E-state index is 14.9. The summed E-state index contributed by atoms with van der Waals surface area (Å²) in [5.74, 6) is -6.50. The fraction of sp³-hybridized carbons (Fsp3) is 0.529. The first-order valence-electron chi connectivity index (χ1n) is 25.1. The van der Waals surface area contributed by atoms with Crippen LogP contribution in [0.25, 0.3) is 22.3 Å². The van der Waals surface area contributed by atoms with Crippen molar-refractivity contribution < 1.29 is 82.9 Å². The lowest BCUT2D eigenvalue weighted by Crippen LogP contribution is -2.55. The quantitative estimate of drug-likeness (QED) is 0.0134. The number of hydrogen-bond acceptors (Lipinski definition) is 18. The van der Waals surface area contributed by atoms with Gasteiger partial charge in [-0.25, -0.2) is 14.2 Å². The molecule has 7 amide bonds. The van der Waals surface area contributed by atoms with Gasteiger partial charge in [0.25, 0.3) is 17.4 Å². The summed E-state index contributed by atoms with van der Waals surface area (Å²) in [6, 6.07) is 0.710. The number of aryl methyl sites for hydroxylation is 2. The summed E-state index contributed by atoms with van der Waals surface area (Å²) in [4.78, 5) is 123. The van der Waals surface area contributed by atoms with E-state index in [9.17, 15) is 73.1 Å². The van der Waals surface area contributed by atoms with E-state index < -0.39 is 133 Å². The predicted molar refractivity (Wildman–Crippen MR) is 267 cm³/mol. The largest absolute Gasteiger partial charge is 0.458 e. The Bertz CT molecular complexity index is 2880. The lowest BCUT2D eigenvalue weighted by molar-refractivity contribution is -0.172. The Morgan fingerprint density at radius 2 is 1.56 bits per heavy atom. The second-order valence-electron chi connectivity index (χ2n) is 19.3. The zero-order valence-electron chi connectivity index (χ0n) is 43.2. The van der Waals surface area contributed by atoms with Gasteiger partial charge < -0.3 is 70.8 Å². The summed E-state index contributed by atoms with van der Waals surface area (Å²) < 4.78 is 27.3. The molecule has 8 atom stereocenters. The molecule has 0 unspecified atom stereocenters. The second-order valence-corrected chi connectivity index (χ2v) is 19.3. The van der Waals surface area contributed by atoms with Gasteiger partial charge in [0.05, 0.1) is 35.6 Å². The molecule has 77 heavy (non-hydrogen) atoms. The van der Waals surface area contributed by atoms with E-state index in [1.165, 1.54) is 31.5 Å². The second kappa shape index (κ2) is 25.4. The van der Waals surface area contributed by atoms with Crippen molar-refractivity contribution in [3.8, 4) is 11.4 Å². The van der Waals surface area contributed by atoms with Gasteiger partial charge >= 0.3 is 5.97 Å². The standard InChI is InChI=1S/C51H65FN8O17/c1-6-51(75)32-18-36-43-30(20-60(36)49(73)31(32)23-77-50(51)74)28(29-17-25(2)33(52)19-35(29)57-43)9-7-8-16-76-24-53-46(70)26(3)54-47(71)27(4)55-48(72)34(56-39(64)14-15-59-41(66)12-13-42(59)67)10-11-40(65)58(5)21-37(62)44(68)45(69)38(63)22-61/h12-13,17-19,26-27,34,37-38,44-45,61-63,68-69,75H,6-11,14-16,20-24H2,1-5H3,(H,53,70)(H,54,71)(H,55,72)(H,56,64)/t26-,27-,34-,37-,38+,44+,45+,51-/m0/s1. The molecule has 0 saturated carbocycles. The monoisotopic (exact) mass is 1080 g/mol. The van der Waals surface area contributed by atoms with E-state index >= 15 is 0 Å². The number of aliphatic hydroxyl groups excluding tert-OH is 5. The molecule has 3 aliphatic rings. The van der Waals surface area contributed by atoms with Gasteiger partial charge in [0.15, 0.2) is 5.60 Å². The van der Waals surface area contributed by atoms with Crippen molar-refractivity contribution in [2.75, 3.05) is 40.1 Å². The van der Waals surface area contributed by atoms with Gasteiger partial charge in [-0.1, -0.05) is 6.92 Å². The van der Waals surface area contributed by atoms with Crippen LogP contribution in [0.1, 0.15) is 87.1 Å². The number of cyclic esters (lactones) is 1. The first kappa shape index (κ1) is 59.2. The smallest absolute Gasteiger partial charge is 0.343 e. The lowest BCUT2D eigenvalue weighted by atomic mass is 9.86. The SMILES string of the molecule is CC[C@@]1(O)C(=O)OCc2c1cc1n(c2=O)Cc2c-1nc1cc(F)c(C)cc1c2CCCCOCNC(=O)[C@H](C)NC(=O)[C@H](C)NC(=O)[C@H](CCC(=O)N(C)C[C@H](O)[C@@H](O)[C@H](O)[C@H](O)CO)NC(=O)CCN1C(=O)C=CC1=O. The number of nitrogens with one attached hydrogen (secondary N) is 4. The van der Waals surface area contributed by atoms with Gasteiger partial charge in [-0.3, -0.25) is 43.3 Å². The molecule has 0 radical (unpaired) electrons. The van der Waals surface area contributed by atoms with E-state index in [2.05, 4.69) is 21.3 Å². The predicted octanol–water partition coefficient (Wildman–Crippen LogP) is -2.58. The van der Waals surface area contributed by atoms with Crippen LogP contribution in [0.15, 0.2) is 35.1 Å². The molecule has 0 spiro atoms. The number of carbonyl (C=O) groups excluding carboxylic acids is 8. The van der Waals surface area contributed by atoms with E-state index in [-0.39, 0.29) is 57.0 Å². The molecule has 0 saturated heterocycles. The summed E-state index contributed by atoms with van der Waals surface area (Å²) in [6.07, 6.45) is -5.17. The maximum absolute atomic E-state index is 14.9. The van der Waals surface area contributed by atoms with Crippen molar-refractivity contribution in [1.82, 2.24) is 40.6 Å². The zero-order valence-corrected chi connectivity index (χ0v) is 43.2. The number of esters is 1. The molecule has 25 nitrogen and oxygen atoms in total. The molecule has 1 aromatic carbocycles. The van der Waals surface area contributed by atoms with Gasteiger partial charge in [0, 0.05) is 74.3 Å². The zero-order chi connectivity index (χ0) is 56.6. The van der Waals surface area contributed by atoms with Crippen molar-refractivity contribution in [1.29, 1.82) is 0 Å². The molecule has 5 heterocycles. The van der Waals surface area contributed by atoms with E-state index in [1.54, 1.807) is 26.0 Å². The van der Waals surface area contributed by atoms with Crippen LogP contribution in [0.3, 0.4) is 0 Å². The Labute approximate surface area is 440 Å². The summed E-state index contributed by atoms with van der Waals surface area (Å²) >= 11 is 0. The number of amides is 7. The van der Waals surface area contributed by atoms with E-state index in [0.717, 1.165) is 33.1 Å². The Hall–Kier alpha value is -7.07. The fourth-order valence-corrected chi connectivity index (χ4v) is 9.13. The first-order chi connectivity index (χ1) is 36.4. The summed E-state index contributed by atoms with van der Waals surface area (Å²) in [6.45, 7) is 3.92. The van der Waals surface area contributed by atoms with Crippen molar-refractivity contribution >= 4 is 58.2 Å². The van der Waals surface area contributed by atoms with Crippen LogP contribution in [-0.2, 0) is 73.0 Å². The number of likely N-dealkylation sites (N-methyl/N-ethyl adjacent to an activating group) is 1. The summed E-state index contributed by atoms with van der Waals surface area (Å²) in [7, 11) is 1.23. The Balaban J connectivity index is 0.995. The number of fused-ring (bicyclic) bond motifs is 5. The normalized spacial score (nSPS) is 18.3. The molecular weight excluding hydrogens is 1020 g/mol. The van der Waals surface area contributed by atoms with Crippen molar-refractivity contribution in [2.24, 2.45) is 0 Å². The van der Waals surface area contributed by atoms with E-state index in [1.807, 2.05) is 0 Å². The summed E-state index contributed by atoms with van der Waals surface area (Å²) in [5, 5.41) is 71.0. The van der Waals surface area contributed by atoms with Crippen molar-refractivity contribution in [3.05, 3.63) is 74.3 Å². The highest BCUT2D eigenvalue weighted by Crippen LogP contribution is 2.41. The molecule has 418 valence electrons. The minimum Gasteiger partial charge on any atom is -0.458 e. The first-order valence-corrected chi connectivity index (χ1v) is 25.1. The Morgan fingerprint density at radius 1 is 0.896 bits per heavy atom. The minimum atomic E-state index is -2.02. The summed E-state index contributed by atoms with van der Waals surface area (Å²) in [5.41, 5.74) is 1.04. The molecular formula is C51H65FN8O17. The number of hydrogen-bond donors (Lipinski definition) is 10. The van der Waals surface area contributed by atoms with Crippen LogP contribution in [-0.4, -0.2) is 180 Å². The number of aromatic nitrogens is 2. The molecule has 0 bridgehead atoms. The van der Waals surface area contributed by atoms with Gasteiger partial charge in [-0.05, 0) is 76.1 Å². The van der Waals surface area contributed by atoms with Crippen LogP contribution >= 0.6 is 0 Å². The van der Waals surface area contributed by atoms with Crippen LogP contribution < -0.4 is 26.8 Å². The Morgan fingerprint density at radius 3 is 2.23 bits per heavy atom. The number of carbonyl (C=O) groups is 8. The van der Waals surface area contributed by atoms with Crippen LogP contribution in [0, 0.1) is 12.7 Å². The molecule has 10 N–H and O–H groups in total. The molecule has 6 rings (SSSR count). The molecule has 3 aliphatic heterocycles. The number of halogens is 1. The topological polar surface area (TPSA) is 366 Å². The number of imide groups is 1. The third-order valence-electron chi connectivity index (χ3n) is 13.9. The van der Waals surface area contributed by atoms with Gasteiger partial charge in [-0.15, -0.1) is 0 Å². The number of ether oxygens (including phenoxy) is 2. The molecule has 3 aromatic rings. The average Bonchev–Trinajstić information content (AvgIpc) is 4.03. The number of pyridine rings is 2. The molecule has 0 aliphatic carbocycles. The number of aliphatic hydroxyl groups is 6. The minimum absolute atomic E-state index is 0.0299. The third-order valence-corrected chi connectivity index (χ3v) is 13.9. The fourth-order valence-electron chi connectivity index (χ4n) is 9.13. The average molecular weight is 1080 g/mol. The number of benzene rings is 1. The van der Waals surface area contributed by atoms with Crippen LogP contribution in [0.5, 0.6) is 0 Å². The highest BCUT2D eigenvalue weighted by atomic mass is 19.1. The van der Waals surface area contributed by atoms with Crippen molar-refractivity contribution in [3.63, 3.8) is 0 Å². The maximum Gasteiger partial charge on any atom is 0.343 e. The Kier molecular flexibility index (Phi) is 19.5.